The summed E-state index contributed by atoms with van der Waals surface area (Å²) in [5.74, 6) is -0.0640. The predicted molar refractivity (Wildman–Crippen MR) is 76.8 cm³/mol. The molecule has 4 nitrogen and oxygen atoms in total. The first-order valence-electron chi connectivity index (χ1n) is 5.91. The van der Waals surface area contributed by atoms with Crippen molar-refractivity contribution in [2.45, 2.75) is 0 Å². The molecule has 4 heteroatoms. The molecule has 0 fully saturated rings. The molecule has 19 heavy (non-hydrogen) atoms. The predicted octanol–water partition coefficient (Wildman–Crippen LogP) is 2.52. The Morgan fingerprint density at radius 2 is 2.05 bits per heavy atom. The van der Waals surface area contributed by atoms with E-state index in [9.17, 15) is 0 Å². The molecule has 0 saturated carbocycles. The highest BCUT2D eigenvalue weighted by Crippen LogP contribution is 2.26. The van der Waals surface area contributed by atoms with Gasteiger partial charge in [0, 0.05) is 25.3 Å². The van der Waals surface area contributed by atoms with Gasteiger partial charge in [-0.05, 0) is 29.3 Å². The van der Waals surface area contributed by atoms with Crippen molar-refractivity contribution in [3.63, 3.8) is 0 Å². The standard InChI is InChI=1S/C15H16N3O/c1-18(2)12-7-5-6-11(10-12)13-8-3-4-9-14(13)15(16)17-19/h3-8,10,19H,1-2H3,(H2,16,17). The Bertz CT molecular complexity index is 593. The molecular formula is C15H16N3O. The lowest BCUT2D eigenvalue weighted by atomic mass is 9.98. The summed E-state index contributed by atoms with van der Waals surface area (Å²) < 4.78 is 0. The SMILES string of the molecule is CN(C)c1cccc(-c2ccc[c]c2C(=N)NO)c1. The van der Waals surface area contributed by atoms with Gasteiger partial charge in [0.05, 0.1) is 0 Å². The van der Waals surface area contributed by atoms with E-state index in [0.29, 0.717) is 5.56 Å². The highest BCUT2D eigenvalue weighted by Gasteiger charge is 2.09. The third-order valence-corrected chi connectivity index (χ3v) is 2.89. The number of nitrogens with one attached hydrogen (secondary N) is 2. The molecule has 3 N–H and O–H groups in total. The number of hydroxylamine groups is 1. The van der Waals surface area contributed by atoms with Crippen molar-refractivity contribution in [3.8, 4) is 11.1 Å². The number of amidine groups is 1. The monoisotopic (exact) mass is 254 g/mol. The molecule has 1 radical (unpaired) electrons. The van der Waals surface area contributed by atoms with E-state index in [-0.39, 0.29) is 5.84 Å². The van der Waals surface area contributed by atoms with Crippen LogP contribution in [0.3, 0.4) is 0 Å². The fraction of sp³-hybridized carbons (Fsp3) is 0.133. The lowest BCUT2D eigenvalue weighted by molar-refractivity contribution is 0.234. The van der Waals surface area contributed by atoms with Gasteiger partial charge in [0.15, 0.2) is 5.84 Å². The molecule has 0 bridgehead atoms. The highest BCUT2D eigenvalue weighted by molar-refractivity contribution is 6.01. The average Bonchev–Trinajstić information content (AvgIpc) is 2.46. The second-order valence-electron chi connectivity index (χ2n) is 4.39. The van der Waals surface area contributed by atoms with Gasteiger partial charge in [0.2, 0.25) is 0 Å². The van der Waals surface area contributed by atoms with Gasteiger partial charge in [-0.15, -0.1) is 0 Å². The maximum absolute atomic E-state index is 8.90. The van der Waals surface area contributed by atoms with Gasteiger partial charge in [-0.1, -0.05) is 30.3 Å². The van der Waals surface area contributed by atoms with Crippen molar-refractivity contribution in [2.75, 3.05) is 19.0 Å². The van der Waals surface area contributed by atoms with Crippen LogP contribution in [0.2, 0.25) is 0 Å². The summed E-state index contributed by atoms with van der Waals surface area (Å²) in [7, 11) is 3.96. The van der Waals surface area contributed by atoms with E-state index in [1.165, 1.54) is 0 Å². The first kappa shape index (κ1) is 13.1. The zero-order valence-electron chi connectivity index (χ0n) is 10.9. The van der Waals surface area contributed by atoms with Gasteiger partial charge < -0.3 is 4.90 Å². The quantitative estimate of drug-likeness (QED) is 0.448. The van der Waals surface area contributed by atoms with Crippen LogP contribution in [0.4, 0.5) is 5.69 Å². The highest BCUT2D eigenvalue weighted by atomic mass is 16.5. The number of anilines is 1. The van der Waals surface area contributed by atoms with Gasteiger partial charge in [0.1, 0.15) is 0 Å². The molecule has 0 atom stereocenters. The normalized spacial score (nSPS) is 10.1. The van der Waals surface area contributed by atoms with Crippen LogP contribution in [0.15, 0.2) is 42.5 Å². The molecule has 0 aliphatic heterocycles. The molecule has 2 aromatic carbocycles. The van der Waals surface area contributed by atoms with E-state index >= 15 is 0 Å². The van der Waals surface area contributed by atoms with E-state index in [1.54, 1.807) is 6.07 Å². The molecule has 0 aliphatic carbocycles. The van der Waals surface area contributed by atoms with Crippen molar-refractivity contribution < 1.29 is 5.21 Å². The van der Waals surface area contributed by atoms with Crippen molar-refractivity contribution >= 4 is 11.5 Å². The molecule has 0 saturated heterocycles. The van der Waals surface area contributed by atoms with Crippen LogP contribution in [0.25, 0.3) is 11.1 Å². The van der Waals surface area contributed by atoms with Crippen molar-refractivity contribution in [3.05, 3.63) is 54.1 Å². The van der Waals surface area contributed by atoms with Crippen LogP contribution in [0, 0.1) is 11.5 Å². The zero-order chi connectivity index (χ0) is 13.8. The first-order chi connectivity index (χ1) is 9.13. The summed E-state index contributed by atoms with van der Waals surface area (Å²) in [6, 6.07) is 16.5. The number of nitrogens with zero attached hydrogens (tertiary/aromatic N) is 1. The van der Waals surface area contributed by atoms with Crippen molar-refractivity contribution in [2.24, 2.45) is 0 Å². The van der Waals surface area contributed by atoms with Gasteiger partial charge in [-0.25, -0.2) is 0 Å². The summed E-state index contributed by atoms with van der Waals surface area (Å²) in [5, 5.41) is 16.6. The fourth-order valence-corrected chi connectivity index (χ4v) is 1.89. The van der Waals surface area contributed by atoms with Crippen LogP contribution in [0.5, 0.6) is 0 Å². The Morgan fingerprint density at radius 3 is 2.74 bits per heavy atom. The second-order valence-corrected chi connectivity index (χ2v) is 4.39. The molecule has 97 valence electrons. The topological polar surface area (TPSA) is 59.4 Å². The molecule has 0 spiro atoms. The number of hydrogen-bond acceptors (Lipinski definition) is 3. The maximum Gasteiger partial charge on any atom is 0.150 e. The summed E-state index contributed by atoms with van der Waals surface area (Å²) in [6.45, 7) is 0. The van der Waals surface area contributed by atoms with Crippen LogP contribution < -0.4 is 10.4 Å². The molecular weight excluding hydrogens is 238 g/mol. The Kier molecular flexibility index (Phi) is 3.82. The van der Waals surface area contributed by atoms with Crippen molar-refractivity contribution in [1.82, 2.24) is 5.48 Å². The van der Waals surface area contributed by atoms with Gasteiger partial charge in [-0.2, -0.15) is 0 Å². The third kappa shape index (κ3) is 2.74. The minimum absolute atomic E-state index is 0.0640. The van der Waals surface area contributed by atoms with Crippen molar-refractivity contribution in [1.29, 1.82) is 5.41 Å². The smallest absolute Gasteiger partial charge is 0.150 e. The minimum atomic E-state index is -0.0640. The molecule has 0 aromatic heterocycles. The summed E-state index contributed by atoms with van der Waals surface area (Å²) in [5.41, 5.74) is 5.34. The number of benzene rings is 2. The molecule has 2 aromatic rings. The molecule has 0 aliphatic rings. The van der Waals surface area contributed by atoms with Crippen LogP contribution in [0.1, 0.15) is 5.56 Å². The van der Waals surface area contributed by atoms with Crippen LogP contribution in [-0.4, -0.2) is 25.1 Å². The summed E-state index contributed by atoms with van der Waals surface area (Å²) >= 11 is 0. The summed E-state index contributed by atoms with van der Waals surface area (Å²) in [4.78, 5) is 2.02. The maximum atomic E-state index is 8.90. The third-order valence-electron chi connectivity index (χ3n) is 2.89. The first-order valence-corrected chi connectivity index (χ1v) is 5.91. The fourth-order valence-electron chi connectivity index (χ4n) is 1.89. The molecule has 0 unspecified atom stereocenters. The largest absolute Gasteiger partial charge is 0.378 e. The lowest BCUT2D eigenvalue weighted by Gasteiger charge is -2.15. The molecule has 0 heterocycles. The van der Waals surface area contributed by atoms with Gasteiger partial charge in [-0.3, -0.25) is 16.1 Å². The Balaban J connectivity index is 2.53. The second kappa shape index (κ2) is 5.54. The summed E-state index contributed by atoms with van der Waals surface area (Å²) in [6.07, 6.45) is 0. The zero-order valence-corrected chi connectivity index (χ0v) is 10.9. The van der Waals surface area contributed by atoms with E-state index < -0.39 is 0 Å². The average molecular weight is 254 g/mol. The van der Waals surface area contributed by atoms with Crippen LogP contribution >= 0.6 is 0 Å². The van der Waals surface area contributed by atoms with E-state index in [4.69, 9.17) is 10.6 Å². The Morgan fingerprint density at radius 1 is 1.26 bits per heavy atom. The van der Waals surface area contributed by atoms with Gasteiger partial charge >= 0.3 is 0 Å². The van der Waals surface area contributed by atoms with E-state index in [2.05, 4.69) is 6.07 Å². The number of rotatable bonds is 3. The minimum Gasteiger partial charge on any atom is -0.378 e. The van der Waals surface area contributed by atoms with Gasteiger partial charge in [0.25, 0.3) is 0 Å². The molecule has 0 amide bonds. The lowest BCUT2D eigenvalue weighted by Crippen LogP contribution is -2.19. The van der Waals surface area contributed by atoms with Crippen LogP contribution in [-0.2, 0) is 0 Å². The Hall–Kier alpha value is -2.33. The van der Waals surface area contributed by atoms with E-state index in [0.717, 1.165) is 16.8 Å². The Labute approximate surface area is 112 Å². The molecule has 2 rings (SSSR count). The van der Waals surface area contributed by atoms with E-state index in [1.807, 2.05) is 60.9 Å². The number of hydrogen-bond donors (Lipinski definition) is 3.